The van der Waals surface area contributed by atoms with Crippen molar-refractivity contribution in [3.05, 3.63) is 46.6 Å². The molecular weight excluding hydrogens is 338 g/mol. The van der Waals surface area contributed by atoms with Gasteiger partial charge in [-0.2, -0.15) is 0 Å². The largest absolute Gasteiger partial charge is 0.326 e. The summed E-state index contributed by atoms with van der Waals surface area (Å²) >= 11 is 3.27. The molecule has 0 saturated carbocycles. The highest BCUT2D eigenvalue weighted by atomic mass is 32.2. The molecule has 6 heteroatoms. The van der Waals surface area contributed by atoms with E-state index in [0.29, 0.717) is 12.2 Å². The van der Waals surface area contributed by atoms with Crippen molar-refractivity contribution in [2.24, 2.45) is 0 Å². The highest BCUT2D eigenvalue weighted by Crippen LogP contribution is 2.30. The van der Waals surface area contributed by atoms with Crippen LogP contribution in [0.25, 0.3) is 10.2 Å². The van der Waals surface area contributed by atoms with Crippen LogP contribution in [0.2, 0.25) is 0 Å². The van der Waals surface area contributed by atoms with Crippen molar-refractivity contribution in [3.8, 4) is 0 Å². The van der Waals surface area contributed by atoms with Crippen LogP contribution in [0, 0.1) is 20.8 Å². The predicted molar refractivity (Wildman–Crippen MR) is 102 cm³/mol. The van der Waals surface area contributed by atoms with E-state index < -0.39 is 0 Å². The molecular formula is C18H19N3OS2. The number of hydrogen-bond donors (Lipinski definition) is 1. The molecule has 0 aliphatic carbocycles. The van der Waals surface area contributed by atoms with Crippen molar-refractivity contribution in [2.75, 3.05) is 11.1 Å². The SMILES string of the molecule is Cc1ccc(NC(=O)CCSc2ncnc3sc(C)cc23)c(C)c1. The number of anilines is 1. The maximum Gasteiger partial charge on any atom is 0.225 e. The smallest absolute Gasteiger partial charge is 0.225 e. The van der Waals surface area contributed by atoms with Gasteiger partial charge in [0.05, 0.1) is 0 Å². The summed E-state index contributed by atoms with van der Waals surface area (Å²) in [6.07, 6.45) is 2.04. The lowest BCUT2D eigenvalue weighted by molar-refractivity contribution is -0.115. The first-order valence-electron chi connectivity index (χ1n) is 7.74. The molecule has 4 nitrogen and oxygen atoms in total. The number of aryl methyl sites for hydroxylation is 3. The molecule has 3 rings (SSSR count). The molecule has 1 aromatic carbocycles. The Hall–Kier alpha value is -1.92. The predicted octanol–water partition coefficient (Wildman–Crippen LogP) is 4.74. The van der Waals surface area contributed by atoms with Gasteiger partial charge in [-0.15, -0.1) is 23.1 Å². The average Bonchev–Trinajstić information content (AvgIpc) is 2.91. The fraction of sp³-hybridized carbons (Fsp3) is 0.278. The van der Waals surface area contributed by atoms with Crippen LogP contribution in [-0.2, 0) is 4.79 Å². The number of nitrogens with zero attached hydrogens (tertiary/aromatic N) is 2. The molecule has 0 radical (unpaired) electrons. The van der Waals surface area contributed by atoms with Gasteiger partial charge in [0.2, 0.25) is 5.91 Å². The third kappa shape index (κ3) is 3.94. The van der Waals surface area contributed by atoms with E-state index in [1.165, 1.54) is 10.4 Å². The highest BCUT2D eigenvalue weighted by molar-refractivity contribution is 7.99. The number of rotatable bonds is 5. The van der Waals surface area contributed by atoms with Crippen LogP contribution >= 0.6 is 23.1 Å². The van der Waals surface area contributed by atoms with Gasteiger partial charge in [-0.05, 0) is 38.5 Å². The third-order valence-electron chi connectivity index (χ3n) is 3.64. The number of aromatic nitrogens is 2. The van der Waals surface area contributed by atoms with Gasteiger partial charge in [0.25, 0.3) is 0 Å². The van der Waals surface area contributed by atoms with Gasteiger partial charge in [0.1, 0.15) is 16.2 Å². The molecule has 0 spiro atoms. The Morgan fingerprint density at radius 2 is 2.04 bits per heavy atom. The monoisotopic (exact) mass is 357 g/mol. The number of thiophene rings is 1. The second-order valence-corrected chi connectivity index (χ2v) is 8.04. The highest BCUT2D eigenvalue weighted by Gasteiger charge is 2.09. The molecule has 0 aliphatic heterocycles. The topological polar surface area (TPSA) is 54.9 Å². The first kappa shape index (κ1) is 16.9. The Morgan fingerprint density at radius 1 is 1.21 bits per heavy atom. The second kappa shape index (κ2) is 7.32. The molecule has 1 amide bonds. The Balaban J connectivity index is 1.58. The number of hydrogen-bond acceptors (Lipinski definition) is 5. The summed E-state index contributed by atoms with van der Waals surface area (Å²) < 4.78 is 0. The molecule has 24 heavy (non-hydrogen) atoms. The molecule has 0 bridgehead atoms. The maximum absolute atomic E-state index is 12.2. The lowest BCUT2D eigenvalue weighted by atomic mass is 10.1. The Kier molecular flexibility index (Phi) is 5.16. The van der Waals surface area contributed by atoms with Crippen molar-refractivity contribution >= 4 is 44.9 Å². The van der Waals surface area contributed by atoms with Crippen molar-refractivity contribution in [3.63, 3.8) is 0 Å². The van der Waals surface area contributed by atoms with Gasteiger partial charge in [-0.1, -0.05) is 17.7 Å². The minimum Gasteiger partial charge on any atom is -0.326 e. The minimum atomic E-state index is 0.0289. The van der Waals surface area contributed by atoms with Gasteiger partial charge in [-0.3, -0.25) is 4.79 Å². The van der Waals surface area contributed by atoms with Crippen LogP contribution in [-0.4, -0.2) is 21.6 Å². The van der Waals surface area contributed by atoms with Crippen molar-refractivity contribution in [1.82, 2.24) is 9.97 Å². The third-order valence-corrected chi connectivity index (χ3v) is 5.61. The van der Waals surface area contributed by atoms with Crippen molar-refractivity contribution < 1.29 is 4.79 Å². The zero-order valence-electron chi connectivity index (χ0n) is 13.9. The number of thioether (sulfide) groups is 1. The van der Waals surface area contributed by atoms with Gasteiger partial charge in [0, 0.05) is 28.1 Å². The zero-order chi connectivity index (χ0) is 17.1. The number of amides is 1. The standard InChI is InChI=1S/C18H19N3OS2/c1-11-4-5-15(12(2)8-11)21-16(22)6-7-23-17-14-9-13(3)24-18(14)20-10-19-17/h4-5,8-10H,6-7H2,1-3H3,(H,21,22). The molecule has 3 aromatic rings. The Bertz CT molecular complexity index is 889. The summed E-state index contributed by atoms with van der Waals surface area (Å²) in [6, 6.07) is 8.14. The first-order valence-corrected chi connectivity index (χ1v) is 9.54. The molecule has 2 heterocycles. The zero-order valence-corrected chi connectivity index (χ0v) is 15.6. The molecule has 0 fully saturated rings. The second-order valence-electron chi connectivity index (χ2n) is 5.72. The van der Waals surface area contributed by atoms with E-state index in [9.17, 15) is 4.79 Å². The van der Waals surface area contributed by atoms with E-state index in [4.69, 9.17) is 0 Å². The first-order chi connectivity index (χ1) is 11.5. The van der Waals surface area contributed by atoms with Crippen molar-refractivity contribution in [1.29, 1.82) is 0 Å². The number of carbonyl (C=O) groups excluding carboxylic acids is 1. The molecule has 124 valence electrons. The number of carbonyl (C=O) groups is 1. The fourth-order valence-corrected chi connectivity index (χ4v) is 4.30. The molecule has 2 aromatic heterocycles. The van der Waals surface area contributed by atoms with E-state index >= 15 is 0 Å². The number of nitrogens with one attached hydrogen (secondary N) is 1. The molecule has 1 N–H and O–H groups in total. The van der Waals surface area contributed by atoms with Crippen LogP contribution in [0.1, 0.15) is 22.4 Å². The average molecular weight is 358 g/mol. The lowest BCUT2D eigenvalue weighted by Gasteiger charge is -2.09. The van der Waals surface area contributed by atoms with E-state index in [2.05, 4.69) is 34.3 Å². The Labute approximate surface area is 149 Å². The molecule has 0 unspecified atom stereocenters. The molecule has 0 saturated heterocycles. The van der Waals surface area contributed by atoms with Crippen LogP contribution < -0.4 is 5.32 Å². The van der Waals surface area contributed by atoms with Crippen LogP contribution in [0.3, 0.4) is 0 Å². The Morgan fingerprint density at radius 3 is 2.83 bits per heavy atom. The lowest BCUT2D eigenvalue weighted by Crippen LogP contribution is -2.13. The molecule has 0 atom stereocenters. The summed E-state index contributed by atoms with van der Waals surface area (Å²) in [5.74, 6) is 0.721. The summed E-state index contributed by atoms with van der Waals surface area (Å²) in [5.41, 5.74) is 3.16. The fourth-order valence-electron chi connectivity index (χ4n) is 2.48. The van der Waals surface area contributed by atoms with Crippen LogP contribution in [0.5, 0.6) is 0 Å². The van der Waals surface area contributed by atoms with E-state index in [1.54, 1.807) is 29.4 Å². The van der Waals surface area contributed by atoms with Crippen molar-refractivity contribution in [2.45, 2.75) is 32.2 Å². The van der Waals surface area contributed by atoms with Gasteiger partial charge < -0.3 is 5.32 Å². The van der Waals surface area contributed by atoms with E-state index in [0.717, 1.165) is 26.5 Å². The van der Waals surface area contributed by atoms with Crippen LogP contribution in [0.15, 0.2) is 35.6 Å². The summed E-state index contributed by atoms with van der Waals surface area (Å²) in [7, 11) is 0. The van der Waals surface area contributed by atoms with Gasteiger partial charge >= 0.3 is 0 Å². The quantitative estimate of drug-likeness (QED) is 0.529. The summed E-state index contributed by atoms with van der Waals surface area (Å²) in [6.45, 7) is 6.12. The van der Waals surface area contributed by atoms with E-state index in [1.807, 2.05) is 26.0 Å². The maximum atomic E-state index is 12.2. The summed E-state index contributed by atoms with van der Waals surface area (Å²) in [5, 5.41) is 5.01. The number of fused-ring (bicyclic) bond motifs is 1. The normalized spacial score (nSPS) is 11.0. The van der Waals surface area contributed by atoms with Gasteiger partial charge in [0.15, 0.2) is 0 Å². The minimum absolute atomic E-state index is 0.0289. The number of benzene rings is 1. The summed E-state index contributed by atoms with van der Waals surface area (Å²) in [4.78, 5) is 23.0. The van der Waals surface area contributed by atoms with E-state index in [-0.39, 0.29) is 5.91 Å². The molecule has 0 aliphatic rings. The van der Waals surface area contributed by atoms with Gasteiger partial charge in [-0.25, -0.2) is 9.97 Å². The van der Waals surface area contributed by atoms with Crippen LogP contribution in [0.4, 0.5) is 5.69 Å².